The molecule has 3 heterocycles. The minimum Gasteiger partial charge on any atom is -0.778 e. The number of hydrogen-bond acceptors (Lipinski definition) is 12. The van der Waals surface area contributed by atoms with E-state index in [-0.39, 0.29) is 66.7 Å². The van der Waals surface area contributed by atoms with Crippen LogP contribution in [0, 0.1) is 18.2 Å². The summed E-state index contributed by atoms with van der Waals surface area (Å²) in [5.41, 5.74) is 4.95. The van der Waals surface area contributed by atoms with E-state index in [4.69, 9.17) is 65.4 Å². The molecule has 0 saturated carbocycles. The zero-order chi connectivity index (χ0) is 55.4. The Morgan fingerprint density at radius 2 is 1.55 bits per heavy atom. The number of terminal acetylenes is 1. The van der Waals surface area contributed by atoms with Gasteiger partial charge in [0.25, 0.3) is 23.6 Å². The fraction of sp³-hybridized carbons (Fsp3) is 0.440. The molecule has 0 saturated heterocycles. The number of benzene rings is 3. The Morgan fingerprint density at radius 1 is 0.973 bits per heavy atom. The molecule has 0 spiro atoms. The Balaban J connectivity index is 0.000000266. The average Bonchev–Trinajstić information content (AvgIpc) is 3.61. The van der Waals surface area contributed by atoms with Crippen molar-refractivity contribution in [2.75, 3.05) is 90.7 Å². The minimum absolute atomic E-state index is 0.0170. The third-order valence-corrected chi connectivity index (χ3v) is 12.0. The Kier molecular flexibility index (Phi) is 25.9. The van der Waals surface area contributed by atoms with Crippen molar-refractivity contribution < 1.29 is 66.8 Å². The first-order valence-corrected chi connectivity index (χ1v) is 28.6. The molecule has 7 rings (SSSR count). The van der Waals surface area contributed by atoms with Gasteiger partial charge < -0.3 is 38.6 Å². The number of imide groups is 1. The molecule has 3 N–H and O–H groups in total. The number of carbonyl (C=O) groups is 6. The molecule has 24 heteroatoms. The number of halogens is 4. The van der Waals surface area contributed by atoms with Crippen LogP contribution < -0.4 is 39.3 Å². The van der Waals surface area contributed by atoms with E-state index in [1.807, 2.05) is 54.7 Å². The summed E-state index contributed by atoms with van der Waals surface area (Å²) in [6.07, 6.45) is 15.6. The van der Waals surface area contributed by atoms with Gasteiger partial charge in [-0.25, -0.2) is 9.29 Å². The summed E-state index contributed by atoms with van der Waals surface area (Å²) < 4.78 is 40.5. The SMILES string of the molecule is C#CCN1C(=O)COc2cc(F)c(N3C(=O)C4=C(CCCC4)C3=O)cc21.CC1COc2ccccc2N1C(=O)C(Cl)Cl.CCc1cccc(CC)c1N(COC)C(=O)CCl.C[S+](C)C.O=C(O)CNCP(=O)([O-])O. The van der Waals surface area contributed by atoms with E-state index >= 15 is 0 Å². The van der Waals surface area contributed by atoms with Gasteiger partial charge in [-0.2, -0.15) is 0 Å². The Bertz CT molecular complexity index is 2560. The van der Waals surface area contributed by atoms with Crippen molar-refractivity contribution in [3.05, 3.63) is 82.7 Å². The maximum absolute atomic E-state index is 14.7. The van der Waals surface area contributed by atoms with Gasteiger partial charge in [-0.3, -0.25) is 43.9 Å². The molecular formula is C50H62Cl3FN5O13PS. The second kappa shape index (κ2) is 30.4. The van der Waals surface area contributed by atoms with Crippen LogP contribution in [-0.4, -0.2) is 127 Å². The molecule has 0 aromatic heterocycles. The topological polar surface area (TPSA) is 236 Å². The molecule has 3 aromatic rings. The first-order chi connectivity index (χ1) is 35.0. The van der Waals surface area contributed by atoms with E-state index in [0.717, 1.165) is 59.2 Å². The van der Waals surface area contributed by atoms with Gasteiger partial charge in [0, 0.05) is 24.3 Å². The molecule has 404 valence electrons. The highest BCUT2D eigenvalue weighted by Gasteiger charge is 2.42. The molecule has 3 aromatic carbocycles. The number of carboxylic acid groups (broad SMARTS) is 1. The molecule has 3 aliphatic heterocycles. The second-order valence-corrected chi connectivity index (χ2v) is 22.2. The van der Waals surface area contributed by atoms with Gasteiger partial charge in [0.15, 0.2) is 17.3 Å². The maximum atomic E-state index is 14.7. The van der Waals surface area contributed by atoms with Crippen LogP contribution in [0.3, 0.4) is 0 Å². The van der Waals surface area contributed by atoms with Crippen LogP contribution in [0.15, 0.2) is 65.7 Å². The van der Waals surface area contributed by atoms with E-state index in [1.54, 1.807) is 16.9 Å². The normalized spacial score (nSPS) is 16.2. The molecule has 2 unspecified atom stereocenters. The van der Waals surface area contributed by atoms with Crippen molar-refractivity contribution in [2.45, 2.75) is 70.2 Å². The van der Waals surface area contributed by atoms with Gasteiger partial charge in [-0.1, -0.05) is 73.3 Å². The second-order valence-electron chi connectivity index (χ2n) is 16.8. The summed E-state index contributed by atoms with van der Waals surface area (Å²) in [6.45, 7) is 5.99. The van der Waals surface area contributed by atoms with Crippen molar-refractivity contribution in [3.8, 4) is 23.8 Å². The van der Waals surface area contributed by atoms with Gasteiger partial charge >= 0.3 is 5.97 Å². The zero-order valence-corrected chi connectivity index (χ0v) is 46.1. The van der Waals surface area contributed by atoms with E-state index in [0.29, 0.717) is 47.2 Å². The summed E-state index contributed by atoms with van der Waals surface area (Å²) in [5.74, 6) is -0.565. The predicted octanol–water partition coefficient (Wildman–Crippen LogP) is 6.18. The Morgan fingerprint density at radius 3 is 2.05 bits per heavy atom. The number of methoxy groups -OCH3 is 1. The van der Waals surface area contributed by atoms with Crippen LogP contribution in [0.2, 0.25) is 0 Å². The third kappa shape index (κ3) is 17.7. The number of nitrogens with one attached hydrogen (secondary N) is 1. The average molecular weight is 1130 g/mol. The predicted molar refractivity (Wildman–Crippen MR) is 286 cm³/mol. The fourth-order valence-electron chi connectivity index (χ4n) is 7.68. The maximum Gasteiger partial charge on any atom is 0.317 e. The molecule has 18 nitrogen and oxygen atoms in total. The molecule has 0 fully saturated rings. The fourth-order valence-corrected chi connectivity index (χ4v) is 8.42. The lowest BCUT2D eigenvalue weighted by molar-refractivity contribution is -0.193. The van der Waals surface area contributed by atoms with Crippen LogP contribution in [0.5, 0.6) is 11.5 Å². The molecule has 1 aliphatic carbocycles. The van der Waals surface area contributed by atoms with Crippen molar-refractivity contribution in [2.24, 2.45) is 0 Å². The number of fused-ring (bicyclic) bond motifs is 2. The van der Waals surface area contributed by atoms with E-state index in [9.17, 15) is 42.6 Å². The number of hydrogen-bond donors (Lipinski definition) is 3. The smallest absolute Gasteiger partial charge is 0.317 e. The number of rotatable bonds is 13. The molecule has 74 heavy (non-hydrogen) atoms. The molecule has 4 aliphatic rings. The summed E-state index contributed by atoms with van der Waals surface area (Å²) in [7, 11) is -2.13. The van der Waals surface area contributed by atoms with E-state index < -0.39 is 48.9 Å². The number of ether oxygens (including phenoxy) is 3. The van der Waals surface area contributed by atoms with Crippen LogP contribution in [-0.2, 0) is 61.8 Å². The van der Waals surface area contributed by atoms with Crippen LogP contribution in [0.1, 0.15) is 57.6 Å². The van der Waals surface area contributed by atoms with Crippen molar-refractivity contribution in [1.82, 2.24) is 5.32 Å². The Hall–Kier alpha value is -5.20. The van der Waals surface area contributed by atoms with Gasteiger partial charge in [-0.15, -0.1) is 18.0 Å². The summed E-state index contributed by atoms with van der Waals surface area (Å²) in [5, 5.41) is 9.97. The number of carbonyl (C=O) groups excluding carboxylic acids is 5. The summed E-state index contributed by atoms with van der Waals surface area (Å²) in [6, 6.07) is 15.7. The molecule has 2 atom stereocenters. The number of nitrogens with zero attached hydrogens (tertiary/aromatic N) is 4. The van der Waals surface area contributed by atoms with Crippen molar-refractivity contribution >= 4 is 112 Å². The number of amides is 5. The number of carboxylic acids is 1. The van der Waals surface area contributed by atoms with Crippen molar-refractivity contribution in [1.29, 1.82) is 0 Å². The number of aryl methyl sites for hydroxylation is 2. The standard InChI is InChI=1S/C19H15FN2O4.C14H20ClNO2.C11H11Cl2NO2.C3H8NO5P.C3H9S/c1-2-7-21-15-9-14(13(20)8-16(15)26-10-17(21)23)22-18(24)11-5-3-4-6-12(11)19(22)25;1-4-11-7-6-8-12(5-2)14(11)16(10-18-3)13(17)9-15;1-7-6-16-9-5-3-2-4-8(9)14(7)11(15)10(12)13;5-3(6)1-4-2-10(7,8)9;1-4(2)3/h1,8-9H,3-7,10H2;6-8H,4-5,9-10H2,1-3H3;2-5,7,10H,6H2,1H3;4H,1-2H2,(H,5,6)(H2,7,8,9);1-3H3/q;;;;+1/p-1. The van der Waals surface area contributed by atoms with Crippen LogP contribution >= 0.6 is 42.4 Å². The van der Waals surface area contributed by atoms with Crippen LogP contribution in [0.25, 0.3) is 0 Å². The summed E-state index contributed by atoms with van der Waals surface area (Å²) in [4.78, 5) is 93.3. The Labute approximate surface area is 448 Å². The molecule has 5 amide bonds. The first-order valence-electron chi connectivity index (χ1n) is 23.0. The lowest BCUT2D eigenvalue weighted by atomic mass is 9.93. The number of anilines is 4. The highest BCUT2D eigenvalue weighted by molar-refractivity contribution is 7.94. The highest BCUT2D eigenvalue weighted by Crippen LogP contribution is 2.42. The van der Waals surface area contributed by atoms with Crippen molar-refractivity contribution in [3.63, 3.8) is 0 Å². The van der Waals surface area contributed by atoms with E-state index in [1.165, 1.54) is 11.0 Å². The largest absolute Gasteiger partial charge is 0.778 e. The minimum atomic E-state index is -4.35. The van der Waals surface area contributed by atoms with Gasteiger partial charge in [0.1, 0.15) is 38.3 Å². The number of para-hydroxylation sites is 3. The first kappa shape index (κ1) is 63.1. The number of alkyl halides is 3. The van der Waals surface area contributed by atoms with E-state index in [2.05, 4.69) is 38.5 Å². The van der Waals surface area contributed by atoms with Crippen LogP contribution in [0.4, 0.5) is 27.1 Å². The summed E-state index contributed by atoms with van der Waals surface area (Å²) >= 11 is 16.9. The molecular weight excluding hydrogens is 1070 g/mol. The van der Waals surface area contributed by atoms with Gasteiger partial charge in [0.05, 0.1) is 66.9 Å². The third-order valence-electron chi connectivity index (χ3n) is 10.8. The van der Waals surface area contributed by atoms with Gasteiger partial charge in [0.2, 0.25) is 5.91 Å². The lowest BCUT2D eigenvalue weighted by Gasteiger charge is -2.35. The quantitative estimate of drug-likeness (QED) is 0.0433. The number of aliphatic carboxylic acids is 1. The monoisotopic (exact) mass is 1130 g/mol. The highest BCUT2D eigenvalue weighted by atomic mass is 35.5. The molecule has 0 radical (unpaired) electrons. The molecule has 0 bridgehead atoms. The lowest BCUT2D eigenvalue weighted by Crippen LogP contribution is -2.47. The zero-order valence-electron chi connectivity index (χ0n) is 42.2. The van der Waals surface area contributed by atoms with Gasteiger partial charge in [-0.05, 0) is 85.7 Å².